The Morgan fingerprint density at radius 2 is 2.10 bits per heavy atom. The van der Waals surface area contributed by atoms with Gasteiger partial charge in [0.2, 0.25) is 5.91 Å². The van der Waals surface area contributed by atoms with E-state index < -0.39 is 23.5 Å². The molecule has 1 saturated heterocycles. The third kappa shape index (κ3) is 7.65. The highest BCUT2D eigenvalue weighted by molar-refractivity contribution is 7.10. The van der Waals surface area contributed by atoms with Gasteiger partial charge in [0.15, 0.2) is 0 Å². The van der Waals surface area contributed by atoms with E-state index in [1.54, 1.807) is 13.3 Å². The number of hydrogen-bond acceptors (Lipinski definition) is 9. The molecule has 11 nitrogen and oxygen atoms in total. The van der Waals surface area contributed by atoms with Crippen LogP contribution in [0.1, 0.15) is 77.1 Å². The van der Waals surface area contributed by atoms with Crippen molar-refractivity contribution in [1.29, 1.82) is 0 Å². The summed E-state index contributed by atoms with van der Waals surface area (Å²) in [5.74, 6) is -0.587. The van der Waals surface area contributed by atoms with Crippen molar-refractivity contribution in [3.63, 3.8) is 0 Å². The van der Waals surface area contributed by atoms with Crippen LogP contribution >= 0.6 is 11.3 Å². The van der Waals surface area contributed by atoms with E-state index in [1.807, 2.05) is 32.2 Å². The first-order chi connectivity index (χ1) is 24.9. The number of hydrazine groups is 1. The summed E-state index contributed by atoms with van der Waals surface area (Å²) in [5.41, 5.74) is 9.26. The fourth-order valence-corrected chi connectivity index (χ4v) is 8.29. The number of amides is 2. The SMILES string of the molecule is C=C/C(=C(\N=CC)[C@H](C)OC)c1c2c3cc(ccc3n1CC)-c1csc(n1)C[C@H](NC(=O)[C@H]1C[C@@H]1C)C(=O)N1CCC[C@H](N1)C(=O)OCC(C)(C)C2. The van der Waals surface area contributed by atoms with E-state index in [4.69, 9.17) is 19.5 Å². The second-order valence-corrected chi connectivity index (χ2v) is 16.0. The molecule has 1 aliphatic carbocycles. The van der Waals surface area contributed by atoms with Crippen LogP contribution in [0.3, 0.4) is 0 Å². The third-order valence-corrected chi connectivity index (χ3v) is 11.4. The summed E-state index contributed by atoms with van der Waals surface area (Å²) in [4.78, 5) is 50.6. The van der Waals surface area contributed by atoms with Gasteiger partial charge in [0.05, 0.1) is 34.8 Å². The number of methoxy groups -OCH3 is 1. The molecule has 2 aromatic heterocycles. The van der Waals surface area contributed by atoms with Crippen LogP contribution in [0, 0.1) is 17.3 Å². The zero-order chi connectivity index (χ0) is 37.3. The van der Waals surface area contributed by atoms with Gasteiger partial charge in [0, 0.05) is 71.6 Å². The van der Waals surface area contributed by atoms with Crippen molar-refractivity contribution in [2.24, 2.45) is 22.2 Å². The molecule has 6 rings (SSSR count). The molecule has 2 aliphatic heterocycles. The van der Waals surface area contributed by atoms with E-state index in [0.29, 0.717) is 38.3 Å². The largest absolute Gasteiger partial charge is 0.464 e. The quantitative estimate of drug-likeness (QED) is 0.163. The minimum Gasteiger partial charge on any atom is -0.464 e. The molecule has 1 saturated carbocycles. The highest BCUT2D eigenvalue weighted by Crippen LogP contribution is 2.41. The van der Waals surface area contributed by atoms with Crippen LogP contribution in [0.25, 0.3) is 27.7 Å². The maximum absolute atomic E-state index is 14.0. The van der Waals surface area contributed by atoms with Gasteiger partial charge >= 0.3 is 5.97 Å². The number of carbonyl (C=O) groups is 3. The van der Waals surface area contributed by atoms with Crippen molar-refractivity contribution in [2.45, 2.75) is 98.4 Å². The predicted molar refractivity (Wildman–Crippen MR) is 206 cm³/mol. The zero-order valence-electron chi connectivity index (χ0n) is 31.5. The zero-order valence-corrected chi connectivity index (χ0v) is 32.3. The molecule has 278 valence electrons. The van der Waals surface area contributed by atoms with Crippen LogP contribution in [-0.4, -0.2) is 77.0 Å². The Kier molecular flexibility index (Phi) is 11.2. The van der Waals surface area contributed by atoms with Gasteiger partial charge in [0.1, 0.15) is 12.1 Å². The molecular weight excluding hydrogens is 677 g/mol. The van der Waals surface area contributed by atoms with Crippen molar-refractivity contribution in [3.8, 4) is 11.3 Å². The number of carbonyl (C=O) groups excluding carboxylic acids is 3. The van der Waals surface area contributed by atoms with E-state index in [9.17, 15) is 14.4 Å². The normalized spacial score (nSPS) is 24.6. The van der Waals surface area contributed by atoms with Gasteiger partial charge in [-0.15, -0.1) is 11.3 Å². The molecule has 0 radical (unpaired) electrons. The number of aliphatic imine (C=N–C) groups is 1. The Hall–Kier alpha value is -4.13. The first-order valence-electron chi connectivity index (χ1n) is 18.4. The summed E-state index contributed by atoms with van der Waals surface area (Å²) in [7, 11) is 1.68. The number of hydrogen-bond donors (Lipinski definition) is 2. The van der Waals surface area contributed by atoms with Crippen molar-refractivity contribution >= 4 is 51.8 Å². The van der Waals surface area contributed by atoms with E-state index >= 15 is 0 Å². The Morgan fingerprint density at radius 1 is 1.33 bits per heavy atom. The fourth-order valence-electron chi connectivity index (χ4n) is 7.44. The molecule has 5 atom stereocenters. The number of ether oxygens (including phenoxy) is 2. The molecule has 3 aromatic rings. The summed E-state index contributed by atoms with van der Waals surface area (Å²) in [6.45, 7) is 17.8. The average molecular weight is 729 g/mol. The molecule has 2 amide bonds. The summed E-state index contributed by atoms with van der Waals surface area (Å²) < 4.78 is 14.1. The summed E-state index contributed by atoms with van der Waals surface area (Å²) in [6.07, 6.45) is 6.18. The molecule has 3 aliphatic rings. The van der Waals surface area contributed by atoms with E-state index in [1.165, 1.54) is 16.3 Å². The van der Waals surface area contributed by atoms with Crippen LogP contribution < -0.4 is 10.7 Å². The highest BCUT2D eigenvalue weighted by atomic mass is 32.1. The van der Waals surface area contributed by atoms with Crippen molar-refractivity contribution in [1.82, 2.24) is 25.3 Å². The Labute approximate surface area is 310 Å². The van der Waals surface area contributed by atoms with Gasteiger partial charge in [-0.1, -0.05) is 39.5 Å². The molecule has 0 spiro atoms. The molecule has 4 heterocycles. The van der Waals surface area contributed by atoms with Crippen LogP contribution in [0.4, 0.5) is 0 Å². The summed E-state index contributed by atoms with van der Waals surface area (Å²) >= 11 is 1.48. The standard InChI is InChI=1S/C40H52N6O5S/c1-9-26(35(41-10-2)24(5)50-8)36-29-20-40(6,7)22-51-39(49)30-13-12-16-46(44-30)38(48)31(43-37(47)27-17-23(27)4)19-34-42-32(21-52-34)25-14-15-33(28(29)18-25)45(36)11-3/h9-10,14-15,18,21,23-24,27,30-31,44H,1,11-13,16-17,19-20,22H2,2-8H3,(H,43,47)/b35-26+,41-10?/t23-,24-,27-,30-,31-/m0/s1. The van der Waals surface area contributed by atoms with Crippen molar-refractivity contribution in [2.75, 3.05) is 20.3 Å². The molecule has 52 heavy (non-hydrogen) atoms. The number of nitrogens with zero attached hydrogens (tertiary/aromatic N) is 4. The molecule has 6 bridgehead atoms. The summed E-state index contributed by atoms with van der Waals surface area (Å²) in [5, 5.41) is 8.35. The van der Waals surface area contributed by atoms with Gasteiger partial charge in [-0.25, -0.2) is 10.4 Å². The van der Waals surface area contributed by atoms with Crippen molar-refractivity contribution in [3.05, 3.63) is 58.2 Å². The number of nitrogens with one attached hydrogen (secondary N) is 2. The third-order valence-electron chi connectivity index (χ3n) is 10.5. The minimum atomic E-state index is -0.826. The van der Waals surface area contributed by atoms with E-state index in [2.05, 4.69) is 60.9 Å². The molecule has 2 N–H and O–H groups in total. The number of aryl methyl sites for hydroxylation is 1. The van der Waals surface area contributed by atoms with Gasteiger partial charge in [-0.2, -0.15) is 0 Å². The topological polar surface area (TPSA) is 127 Å². The van der Waals surface area contributed by atoms with E-state index in [-0.39, 0.29) is 36.9 Å². The lowest BCUT2D eigenvalue weighted by molar-refractivity contribution is -0.155. The first-order valence-corrected chi connectivity index (χ1v) is 19.3. The number of aromatic nitrogens is 2. The maximum Gasteiger partial charge on any atom is 0.324 e. The first kappa shape index (κ1) is 37.6. The second kappa shape index (κ2) is 15.5. The smallest absolute Gasteiger partial charge is 0.324 e. The van der Waals surface area contributed by atoms with Crippen LogP contribution in [0.15, 0.2) is 46.9 Å². The lowest BCUT2D eigenvalue weighted by Crippen LogP contribution is -2.60. The van der Waals surface area contributed by atoms with Gasteiger partial charge in [0.25, 0.3) is 5.91 Å². The Morgan fingerprint density at radius 3 is 2.77 bits per heavy atom. The van der Waals surface area contributed by atoms with Gasteiger partial charge in [-0.3, -0.25) is 24.4 Å². The van der Waals surface area contributed by atoms with Crippen molar-refractivity contribution < 1.29 is 23.9 Å². The van der Waals surface area contributed by atoms with Gasteiger partial charge in [-0.05, 0) is 70.1 Å². The fraction of sp³-hybridized carbons (Fsp3) is 0.525. The predicted octanol–water partition coefficient (Wildman–Crippen LogP) is 6.11. The minimum absolute atomic E-state index is 0.0895. The lowest BCUT2D eigenvalue weighted by Gasteiger charge is -2.35. The highest BCUT2D eigenvalue weighted by Gasteiger charge is 2.42. The van der Waals surface area contributed by atoms with Crippen LogP contribution in [-0.2, 0) is 43.2 Å². The number of fused-ring (bicyclic) bond motifs is 6. The Bertz CT molecular complexity index is 1920. The number of cyclic esters (lactones) is 1. The Balaban J connectivity index is 1.51. The second-order valence-electron chi connectivity index (χ2n) is 15.0. The number of thiazole rings is 1. The monoisotopic (exact) mass is 728 g/mol. The van der Waals surface area contributed by atoms with E-state index in [0.717, 1.165) is 56.1 Å². The number of rotatable bonds is 8. The van der Waals surface area contributed by atoms with Crippen LogP contribution in [0.2, 0.25) is 0 Å². The lowest BCUT2D eigenvalue weighted by atomic mass is 9.84. The number of allylic oxidation sites excluding steroid dienone is 2. The molecular formula is C40H52N6O5S. The average Bonchev–Trinajstić information content (AvgIpc) is 3.57. The number of benzene rings is 1. The molecule has 12 heteroatoms. The molecule has 0 unspecified atom stereocenters. The molecule has 2 fully saturated rings. The van der Waals surface area contributed by atoms with Gasteiger partial charge < -0.3 is 19.4 Å². The maximum atomic E-state index is 14.0. The number of esters is 1. The summed E-state index contributed by atoms with van der Waals surface area (Å²) in [6, 6.07) is 4.90. The molecule has 1 aromatic carbocycles. The van der Waals surface area contributed by atoms with Crippen LogP contribution in [0.5, 0.6) is 0 Å².